The summed E-state index contributed by atoms with van der Waals surface area (Å²) in [4.78, 5) is 4.86. The van der Waals surface area contributed by atoms with E-state index in [1.807, 2.05) is 60.7 Å². The van der Waals surface area contributed by atoms with Crippen LogP contribution >= 0.6 is 0 Å². The number of hydrogen-bond acceptors (Lipinski definition) is 3. The van der Waals surface area contributed by atoms with Crippen molar-refractivity contribution in [3.8, 4) is 0 Å². The number of ether oxygens (including phenoxy) is 1. The van der Waals surface area contributed by atoms with Crippen molar-refractivity contribution < 1.29 is 9.84 Å². The van der Waals surface area contributed by atoms with E-state index in [0.717, 1.165) is 36.8 Å². The van der Waals surface area contributed by atoms with Crippen LogP contribution in [-0.4, -0.2) is 16.5 Å². The molecular weight excluding hydrogens is 274 g/mol. The Hall–Kier alpha value is -1.97. The molecule has 3 nitrogen and oxygen atoms in total. The molecular formula is C19H19NO2. The highest BCUT2D eigenvalue weighted by molar-refractivity contribution is 6.07. The topological polar surface area (TPSA) is 41.8 Å². The highest BCUT2D eigenvalue weighted by Gasteiger charge is 2.53. The number of hydrogen-bond donors (Lipinski definition) is 1. The normalized spacial score (nSPS) is 26.3. The smallest absolute Gasteiger partial charge is 0.239 e. The van der Waals surface area contributed by atoms with Gasteiger partial charge in [0.25, 0.3) is 0 Å². The number of aliphatic imine (C=N–C) groups is 1. The maximum absolute atomic E-state index is 11.3. The van der Waals surface area contributed by atoms with Crippen molar-refractivity contribution in [2.75, 3.05) is 0 Å². The lowest BCUT2D eigenvalue weighted by Crippen LogP contribution is -2.38. The van der Waals surface area contributed by atoms with Crippen LogP contribution in [0.2, 0.25) is 0 Å². The third kappa shape index (κ3) is 2.09. The van der Waals surface area contributed by atoms with Gasteiger partial charge in [-0.3, -0.25) is 0 Å². The third-order valence-corrected chi connectivity index (χ3v) is 4.57. The van der Waals surface area contributed by atoms with E-state index in [0.29, 0.717) is 5.71 Å². The fraction of sp³-hybridized carbons (Fsp3) is 0.316. The summed E-state index contributed by atoms with van der Waals surface area (Å²) in [5.74, 6) is -1.47. The van der Waals surface area contributed by atoms with Crippen molar-refractivity contribution >= 4 is 5.71 Å². The van der Waals surface area contributed by atoms with E-state index in [4.69, 9.17) is 9.73 Å². The van der Waals surface area contributed by atoms with Gasteiger partial charge in [0.15, 0.2) is 5.72 Å². The first kappa shape index (κ1) is 13.7. The van der Waals surface area contributed by atoms with Gasteiger partial charge in [0, 0.05) is 11.1 Å². The van der Waals surface area contributed by atoms with Gasteiger partial charge in [0.2, 0.25) is 5.79 Å². The zero-order valence-corrected chi connectivity index (χ0v) is 12.4. The summed E-state index contributed by atoms with van der Waals surface area (Å²) >= 11 is 0. The van der Waals surface area contributed by atoms with Gasteiger partial charge in [0.05, 0.1) is 0 Å². The van der Waals surface area contributed by atoms with Crippen molar-refractivity contribution in [3.63, 3.8) is 0 Å². The molecule has 2 aromatic rings. The molecule has 0 saturated heterocycles. The van der Waals surface area contributed by atoms with E-state index in [1.54, 1.807) is 0 Å². The molecule has 1 spiro atoms. The molecule has 1 saturated carbocycles. The Morgan fingerprint density at radius 2 is 1.45 bits per heavy atom. The summed E-state index contributed by atoms with van der Waals surface area (Å²) in [6, 6.07) is 19.4. The first-order valence-electron chi connectivity index (χ1n) is 7.86. The second kappa shape index (κ2) is 5.04. The van der Waals surface area contributed by atoms with Crippen LogP contribution in [-0.2, 0) is 10.5 Å². The molecule has 1 N–H and O–H groups in total. The molecule has 0 unspecified atom stereocenters. The number of rotatable bonds is 2. The van der Waals surface area contributed by atoms with Crippen molar-refractivity contribution in [2.24, 2.45) is 4.99 Å². The summed E-state index contributed by atoms with van der Waals surface area (Å²) in [5, 5.41) is 11.3. The van der Waals surface area contributed by atoms with Crippen LogP contribution in [0.1, 0.15) is 36.8 Å². The molecule has 0 radical (unpaired) electrons. The van der Waals surface area contributed by atoms with Crippen LogP contribution in [0.4, 0.5) is 0 Å². The molecule has 1 aliphatic carbocycles. The van der Waals surface area contributed by atoms with Crippen molar-refractivity contribution in [1.29, 1.82) is 0 Å². The molecule has 3 heteroatoms. The summed E-state index contributed by atoms with van der Waals surface area (Å²) < 4.78 is 6.20. The monoisotopic (exact) mass is 293 g/mol. The maximum atomic E-state index is 11.3. The Morgan fingerprint density at radius 3 is 2.09 bits per heavy atom. The fourth-order valence-electron chi connectivity index (χ4n) is 3.48. The maximum Gasteiger partial charge on any atom is 0.239 e. The standard InChI is InChI=1S/C19H19NO2/c21-19(16-11-5-2-6-12-16)17(15-9-3-1-4-10-15)20-18(22-19)13-7-8-14-18/h1-6,9-12,21H,7-8,13-14H2/t19-/m1/s1. The Kier molecular flexibility index (Phi) is 3.13. The predicted octanol–water partition coefficient (Wildman–Crippen LogP) is 3.62. The van der Waals surface area contributed by atoms with E-state index in [1.165, 1.54) is 0 Å². The summed E-state index contributed by atoms with van der Waals surface area (Å²) in [7, 11) is 0. The number of aliphatic hydroxyl groups is 1. The first-order chi connectivity index (χ1) is 10.7. The van der Waals surface area contributed by atoms with Crippen LogP contribution in [0.3, 0.4) is 0 Å². The van der Waals surface area contributed by atoms with Gasteiger partial charge in [-0.25, -0.2) is 4.99 Å². The molecule has 1 atom stereocenters. The van der Waals surface area contributed by atoms with Gasteiger partial charge in [0.1, 0.15) is 5.71 Å². The highest BCUT2D eigenvalue weighted by Crippen LogP contribution is 2.47. The minimum absolute atomic E-state index is 0.560. The zero-order valence-electron chi connectivity index (χ0n) is 12.4. The highest BCUT2D eigenvalue weighted by atomic mass is 16.7. The molecule has 112 valence electrons. The molecule has 4 rings (SSSR count). The molecule has 1 fully saturated rings. The average molecular weight is 293 g/mol. The van der Waals surface area contributed by atoms with E-state index in [9.17, 15) is 5.11 Å². The quantitative estimate of drug-likeness (QED) is 0.919. The van der Waals surface area contributed by atoms with Gasteiger partial charge in [-0.05, 0) is 25.7 Å². The van der Waals surface area contributed by atoms with E-state index in [-0.39, 0.29) is 0 Å². The van der Waals surface area contributed by atoms with Crippen LogP contribution < -0.4 is 0 Å². The predicted molar refractivity (Wildman–Crippen MR) is 85.6 cm³/mol. The molecule has 22 heavy (non-hydrogen) atoms. The van der Waals surface area contributed by atoms with Crippen molar-refractivity contribution in [3.05, 3.63) is 71.8 Å². The van der Waals surface area contributed by atoms with Gasteiger partial charge >= 0.3 is 0 Å². The van der Waals surface area contributed by atoms with Crippen molar-refractivity contribution in [1.82, 2.24) is 0 Å². The molecule has 0 amide bonds. The molecule has 0 bridgehead atoms. The van der Waals surface area contributed by atoms with Crippen LogP contribution in [0.25, 0.3) is 0 Å². The van der Waals surface area contributed by atoms with Crippen LogP contribution in [0, 0.1) is 0 Å². The second-order valence-corrected chi connectivity index (χ2v) is 6.09. The third-order valence-electron chi connectivity index (χ3n) is 4.57. The van der Waals surface area contributed by atoms with E-state index >= 15 is 0 Å². The SMILES string of the molecule is O[C@]1(c2ccccc2)OC2(CCCC2)N=C1c1ccccc1. The Labute approximate surface area is 130 Å². The van der Waals surface area contributed by atoms with Crippen LogP contribution in [0.5, 0.6) is 0 Å². The molecule has 1 aliphatic heterocycles. The van der Waals surface area contributed by atoms with Gasteiger partial charge < -0.3 is 9.84 Å². The Balaban J connectivity index is 1.85. The minimum Gasteiger partial charge on any atom is -0.357 e. The zero-order chi connectivity index (χ0) is 15.0. The van der Waals surface area contributed by atoms with Gasteiger partial charge in [-0.15, -0.1) is 0 Å². The second-order valence-electron chi connectivity index (χ2n) is 6.09. The summed E-state index contributed by atoms with van der Waals surface area (Å²) in [6.45, 7) is 0. The lowest BCUT2D eigenvalue weighted by Gasteiger charge is -2.29. The van der Waals surface area contributed by atoms with Gasteiger partial charge in [-0.2, -0.15) is 0 Å². The average Bonchev–Trinajstić information content (AvgIpc) is 3.14. The number of benzene rings is 2. The van der Waals surface area contributed by atoms with Crippen LogP contribution in [0.15, 0.2) is 65.7 Å². The van der Waals surface area contributed by atoms with E-state index < -0.39 is 11.5 Å². The lowest BCUT2D eigenvalue weighted by atomic mass is 9.96. The number of nitrogens with zero attached hydrogens (tertiary/aromatic N) is 1. The molecule has 1 heterocycles. The minimum atomic E-state index is -1.47. The van der Waals surface area contributed by atoms with E-state index in [2.05, 4.69) is 0 Å². The largest absolute Gasteiger partial charge is 0.357 e. The Morgan fingerprint density at radius 1 is 0.864 bits per heavy atom. The lowest BCUT2D eigenvalue weighted by molar-refractivity contribution is -0.209. The van der Waals surface area contributed by atoms with Gasteiger partial charge in [-0.1, -0.05) is 60.7 Å². The van der Waals surface area contributed by atoms with Crippen molar-refractivity contribution in [2.45, 2.75) is 37.2 Å². The first-order valence-corrected chi connectivity index (χ1v) is 7.86. The molecule has 2 aromatic carbocycles. The fourth-order valence-corrected chi connectivity index (χ4v) is 3.48. The summed E-state index contributed by atoms with van der Waals surface area (Å²) in [5.41, 5.74) is 1.72. The Bertz CT molecular complexity index is 690. The summed E-state index contributed by atoms with van der Waals surface area (Å²) in [6.07, 6.45) is 3.93. The molecule has 0 aromatic heterocycles. The molecule has 2 aliphatic rings.